The molecule has 0 unspecified atom stereocenters. The van der Waals surface area contributed by atoms with Gasteiger partial charge in [0.25, 0.3) is 0 Å². The number of hydrogen-bond donors (Lipinski definition) is 2. The van der Waals surface area contributed by atoms with Crippen molar-refractivity contribution in [2.45, 2.75) is 19.3 Å². The summed E-state index contributed by atoms with van der Waals surface area (Å²) < 4.78 is 17.6. The van der Waals surface area contributed by atoms with E-state index in [2.05, 4.69) is 24.3 Å². The van der Waals surface area contributed by atoms with E-state index in [4.69, 9.17) is 4.52 Å². The smallest absolute Gasteiger partial charge is 0.404 e. The summed E-state index contributed by atoms with van der Waals surface area (Å²) in [5, 5.41) is 0. The van der Waals surface area contributed by atoms with Crippen molar-refractivity contribution >= 4 is 7.82 Å². The molecule has 0 saturated heterocycles. The molecule has 0 heterocycles. The number of phosphoric ester groups is 1. The Morgan fingerprint density at radius 3 is 1.37 bits per heavy atom. The molecule has 0 fully saturated rings. The van der Waals surface area contributed by atoms with Gasteiger partial charge in [0, 0.05) is 12.0 Å². The van der Waals surface area contributed by atoms with E-state index in [1.54, 1.807) is 6.07 Å². The minimum atomic E-state index is -4.81. The van der Waals surface area contributed by atoms with Crippen LogP contribution in [-0.2, 0) is 23.8 Å². The molecule has 2 N–H and O–H groups in total. The van der Waals surface area contributed by atoms with Crippen LogP contribution in [0.15, 0.2) is 127 Å². The third-order valence-electron chi connectivity index (χ3n) is 6.60. The summed E-state index contributed by atoms with van der Waals surface area (Å²) in [7, 11) is -4.81. The van der Waals surface area contributed by atoms with Gasteiger partial charge in [-0.25, -0.2) is 4.57 Å². The molecule has 4 nitrogen and oxygen atoms in total. The van der Waals surface area contributed by atoms with Crippen LogP contribution in [0.5, 0.6) is 5.75 Å². The first-order chi connectivity index (χ1) is 18.5. The Kier molecular flexibility index (Phi) is 7.86. The highest BCUT2D eigenvalue weighted by Crippen LogP contribution is 2.45. The molecule has 0 saturated carbocycles. The highest BCUT2D eigenvalue weighted by molar-refractivity contribution is 7.46. The van der Waals surface area contributed by atoms with Crippen LogP contribution in [0.4, 0.5) is 0 Å². The maximum atomic E-state index is 12.2. The molecule has 0 aromatic heterocycles. The molecule has 190 valence electrons. The fraction of sp³-hybridized carbons (Fsp3) is 0.0909. The van der Waals surface area contributed by atoms with Crippen LogP contribution in [0.1, 0.15) is 33.4 Å². The first kappa shape index (κ1) is 25.7. The van der Waals surface area contributed by atoms with Crippen LogP contribution in [0.3, 0.4) is 0 Å². The van der Waals surface area contributed by atoms with Crippen molar-refractivity contribution < 1.29 is 18.9 Å². The fourth-order valence-corrected chi connectivity index (χ4v) is 5.31. The van der Waals surface area contributed by atoms with Gasteiger partial charge in [-0.3, -0.25) is 9.79 Å². The predicted molar refractivity (Wildman–Crippen MR) is 152 cm³/mol. The average molecular weight is 521 g/mol. The first-order valence-corrected chi connectivity index (χ1v) is 14.1. The fourth-order valence-electron chi connectivity index (χ4n) is 4.89. The molecule has 0 radical (unpaired) electrons. The van der Waals surface area contributed by atoms with Gasteiger partial charge in [-0.1, -0.05) is 121 Å². The van der Waals surface area contributed by atoms with Crippen molar-refractivity contribution in [2.75, 3.05) is 0 Å². The molecule has 5 heteroatoms. The summed E-state index contributed by atoms with van der Waals surface area (Å²) >= 11 is 0. The Bertz CT molecular complexity index is 1530. The molecule has 0 spiro atoms. The standard InChI is InChI=1S/C33H29O4P/c34-38(35,36)37-33-24-29(28-19-11-4-12-20-28)30(21-25-13-5-1-6-14-25)31(22-26-15-7-2-8-16-26)32(33)23-27-17-9-3-10-18-27/h1-20,24H,21-23H2,(H2,34,35,36). The van der Waals surface area contributed by atoms with E-state index in [9.17, 15) is 14.4 Å². The number of phosphoric acid groups is 1. The van der Waals surface area contributed by atoms with Crippen LogP contribution in [0.2, 0.25) is 0 Å². The van der Waals surface area contributed by atoms with E-state index in [0.717, 1.165) is 44.5 Å². The van der Waals surface area contributed by atoms with Crippen LogP contribution >= 0.6 is 7.82 Å². The quantitative estimate of drug-likeness (QED) is 0.197. The Labute approximate surface area is 223 Å². The normalized spacial score (nSPS) is 11.3. The minimum Gasteiger partial charge on any atom is -0.404 e. The third kappa shape index (κ3) is 6.48. The Hall–Kier alpha value is -3.95. The molecular weight excluding hydrogens is 491 g/mol. The van der Waals surface area contributed by atoms with Crippen molar-refractivity contribution in [2.24, 2.45) is 0 Å². The van der Waals surface area contributed by atoms with Gasteiger partial charge in [0.05, 0.1) is 0 Å². The van der Waals surface area contributed by atoms with Gasteiger partial charge >= 0.3 is 7.82 Å². The summed E-state index contributed by atoms with van der Waals surface area (Å²) in [6.45, 7) is 0. The van der Waals surface area contributed by atoms with E-state index in [1.165, 1.54) is 0 Å². The van der Waals surface area contributed by atoms with Gasteiger partial charge < -0.3 is 4.52 Å². The summed E-state index contributed by atoms with van der Waals surface area (Å²) in [6.07, 6.45) is 1.75. The van der Waals surface area contributed by atoms with E-state index < -0.39 is 7.82 Å². The molecule has 5 aromatic rings. The summed E-state index contributed by atoms with van der Waals surface area (Å²) in [5.41, 5.74) is 8.11. The number of hydrogen-bond acceptors (Lipinski definition) is 2. The lowest BCUT2D eigenvalue weighted by atomic mass is 9.83. The first-order valence-electron chi connectivity index (χ1n) is 12.6. The van der Waals surface area contributed by atoms with Crippen molar-refractivity contribution in [3.05, 3.63) is 161 Å². The van der Waals surface area contributed by atoms with Gasteiger partial charge in [-0.05, 0) is 57.9 Å². The van der Waals surface area contributed by atoms with Gasteiger partial charge in [0.2, 0.25) is 0 Å². The molecule has 0 aliphatic carbocycles. The maximum Gasteiger partial charge on any atom is 0.524 e. The van der Waals surface area contributed by atoms with Gasteiger partial charge in [0.1, 0.15) is 5.75 Å². The van der Waals surface area contributed by atoms with E-state index in [-0.39, 0.29) is 5.75 Å². The molecule has 0 aliphatic rings. The lowest BCUT2D eigenvalue weighted by Crippen LogP contribution is -2.09. The van der Waals surface area contributed by atoms with Gasteiger partial charge in [-0.2, -0.15) is 0 Å². The van der Waals surface area contributed by atoms with Crippen molar-refractivity contribution in [1.29, 1.82) is 0 Å². The zero-order chi connectivity index (χ0) is 26.4. The molecule has 0 amide bonds. The van der Waals surface area contributed by atoms with Crippen LogP contribution < -0.4 is 4.52 Å². The Morgan fingerprint density at radius 1 is 0.526 bits per heavy atom. The third-order valence-corrected chi connectivity index (χ3v) is 7.03. The number of benzene rings is 5. The molecule has 0 bridgehead atoms. The second-order valence-electron chi connectivity index (χ2n) is 9.29. The van der Waals surface area contributed by atoms with Gasteiger partial charge in [0.15, 0.2) is 0 Å². The second-order valence-corrected chi connectivity index (χ2v) is 10.5. The van der Waals surface area contributed by atoms with Crippen molar-refractivity contribution in [3.63, 3.8) is 0 Å². The molecule has 5 aromatic carbocycles. The lowest BCUT2D eigenvalue weighted by molar-refractivity contribution is 0.282. The van der Waals surface area contributed by atoms with Gasteiger partial charge in [-0.15, -0.1) is 0 Å². The van der Waals surface area contributed by atoms with Crippen LogP contribution in [0, 0.1) is 0 Å². The Morgan fingerprint density at radius 2 is 0.921 bits per heavy atom. The van der Waals surface area contributed by atoms with Crippen LogP contribution in [-0.4, -0.2) is 9.79 Å². The molecule has 5 rings (SSSR count). The SMILES string of the molecule is O=P(O)(O)Oc1cc(-c2ccccc2)c(Cc2ccccc2)c(Cc2ccccc2)c1Cc1ccccc1. The summed E-state index contributed by atoms with van der Waals surface area (Å²) in [4.78, 5) is 19.8. The zero-order valence-electron chi connectivity index (χ0n) is 20.9. The summed E-state index contributed by atoms with van der Waals surface area (Å²) in [5.74, 6) is 0.212. The van der Waals surface area contributed by atoms with E-state index >= 15 is 0 Å². The highest BCUT2D eigenvalue weighted by atomic mass is 31.2. The topological polar surface area (TPSA) is 66.8 Å². The van der Waals surface area contributed by atoms with E-state index in [0.29, 0.717) is 19.3 Å². The molecule has 38 heavy (non-hydrogen) atoms. The second kappa shape index (κ2) is 11.6. The van der Waals surface area contributed by atoms with Crippen molar-refractivity contribution in [1.82, 2.24) is 0 Å². The molecule has 0 atom stereocenters. The monoisotopic (exact) mass is 520 g/mol. The predicted octanol–water partition coefficient (Wildman–Crippen LogP) is 7.60. The average Bonchev–Trinajstić information content (AvgIpc) is 2.93. The number of rotatable bonds is 9. The van der Waals surface area contributed by atoms with E-state index in [1.807, 2.05) is 97.1 Å². The minimum absolute atomic E-state index is 0.212. The summed E-state index contributed by atoms with van der Waals surface area (Å²) in [6, 6.07) is 42.2. The highest BCUT2D eigenvalue weighted by Gasteiger charge is 2.25. The maximum absolute atomic E-state index is 12.2. The van der Waals surface area contributed by atoms with Crippen LogP contribution in [0.25, 0.3) is 11.1 Å². The lowest BCUT2D eigenvalue weighted by Gasteiger charge is -2.24. The zero-order valence-corrected chi connectivity index (χ0v) is 21.8. The largest absolute Gasteiger partial charge is 0.524 e. The van der Waals surface area contributed by atoms with Crippen molar-refractivity contribution in [3.8, 4) is 16.9 Å². The molecule has 0 aliphatic heterocycles. The Balaban J connectivity index is 1.80. The molecular formula is C33H29O4P.